The molecule has 2 aromatic rings. The van der Waals surface area contributed by atoms with Crippen molar-refractivity contribution in [1.29, 1.82) is 0 Å². The molecule has 0 bridgehead atoms. The molecule has 6 heteroatoms. The van der Waals surface area contributed by atoms with Gasteiger partial charge in [0.25, 0.3) is 0 Å². The smallest absolute Gasteiger partial charge is 0.545 e. The van der Waals surface area contributed by atoms with Crippen LogP contribution in [0.2, 0.25) is 0 Å². The molecule has 0 spiro atoms. The summed E-state index contributed by atoms with van der Waals surface area (Å²) in [4.78, 5) is 27.5. The van der Waals surface area contributed by atoms with E-state index in [4.69, 9.17) is 0 Å². The molecule has 1 saturated heterocycles. The number of piperazine rings is 1. The van der Waals surface area contributed by atoms with Crippen LogP contribution in [0, 0.1) is 0 Å². The molecule has 3 rings (SSSR count). The number of benzene rings is 2. The summed E-state index contributed by atoms with van der Waals surface area (Å²) in [6, 6.07) is 15.0. The Balaban J connectivity index is 0.00000300. The number of carboxylic acids is 1. The second-order valence-corrected chi connectivity index (χ2v) is 6.85. The Kier molecular flexibility index (Phi) is 9.49. The number of ketones is 1. The molecule has 0 aromatic heterocycles. The summed E-state index contributed by atoms with van der Waals surface area (Å²) in [5.74, 6) is -1.28. The number of hydrogen-bond acceptors (Lipinski definition) is 5. The van der Waals surface area contributed by atoms with Gasteiger partial charge in [-0.3, -0.25) is 4.79 Å². The van der Waals surface area contributed by atoms with Gasteiger partial charge in [-0.2, -0.15) is 0 Å². The SMILES string of the molecule is CN1CCN(c2ccc(C(=O)/C=C/c3ccc(/C=C/C(=O)[O-])cc3)cc2)CC1.[K+]. The molecule has 0 N–H and O–H groups in total. The van der Waals surface area contributed by atoms with E-state index in [0.29, 0.717) is 5.56 Å². The summed E-state index contributed by atoms with van der Waals surface area (Å²) in [7, 11) is 2.13. The van der Waals surface area contributed by atoms with E-state index in [1.807, 2.05) is 36.4 Å². The summed E-state index contributed by atoms with van der Waals surface area (Å²) in [6.07, 6.45) is 5.76. The van der Waals surface area contributed by atoms with Crippen LogP contribution in [0.25, 0.3) is 12.2 Å². The molecule has 0 unspecified atom stereocenters. The molecule has 1 fully saturated rings. The van der Waals surface area contributed by atoms with Gasteiger partial charge < -0.3 is 19.7 Å². The quantitative estimate of drug-likeness (QED) is 0.348. The molecule has 1 aliphatic rings. The van der Waals surface area contributed by atoms with E-state index in [0.717, 1.165) is 49.1 Å². The molecule has 1 aliphatic heterocycles. The monoisotopic (exact) mass is 414 g/mol. The first kappa shape index (κ1) is 23.7. The molecular weight excluding hydrogens is 391 g/mol. The zero-order valence-electron chi connectivity index (χ0n) is 16.9. The molecule has 1 heterocycles. The third kappa shape index (κ3) is 7.33. The third-order valence-corrected chi connectivity index (χ3v) is 4.80. The topological polar surface area (TPSA) is 63.7 Å². The fourth-order valence-corrected chi connectivity index (χ4v) is 3.05. The van der Waals surface area contributed by atoms with Crippen LogP contribution in [0.3, 0.4) is 0 Å². The predicted octanol–water partition coefficient (Wildman–Crippen LogP) is -0.898. The molecule has 29 heavy (non-hydrogen) atoms. The van der Waals surface area contributed by atoms with Crippen molar-refractivity contribution >= 4 is 29.6 Å². The van der Waals surface area contributed by atoms with Crippen molar-refractivity contribution < 1.29 is 66.1 Å². The van der Waals surface area contributed by atoms with Crippen molar-refractivity contribution in [3.05, 3.63) is 77.4 Å². The molecule has 5 nitrogen and oxygen atoms in total. The molecule has 0 atom stereocenters. The summed E-state index contributed by atoms with van der Waals surface area (Å²) in [5, 5.41) is 10.4. The maximum atomic E-state index is 12.4. The normalized spacial score (nSPS) is 14.9. The Hall–Kier alpha value is -1.54. The first-order valence-electron chi connectivity index (χ1n) is 9.26. The van der Waals surface area contributed by atoms with E-state index in [-0.39, 0.29) is 57.2 Å². The maximum Gasteiger partial charge on any atom is 1.00 e. The predicted molar refractivity (Wildman–Crippen MR) is 110 cm³/mol. The van der Waals surface area contributed by atoms with Gasteiger partial charge in [0.05, 0.1) is 5.97 Å². The largest absolute Gasteiger partial charge is 1.00 e. The van der Waals surface area contributed by atoms with E-state index in [9.17, 15) is 14.7 Å². The number of carbonyl (C=O) groups excluding carboxylic acids is 2. The van der Waals surface area contributed by atoms with E-state index >= 15 is 0 Å². The van der Waals surface area contributed by atoms with Gasteiger partial charge in [0.15, 0.2) is 5.78 Å². The number of rotatable bonds is 6. The Morgan fingerprint density at radius 3 is 1.86 bits per heavy atom. The Morgan fingerprint density at radius 2 is 1.34 bits per heavy atom. The Labute approximate surface area is 214 Å². The van der Waals surface area contributed by atoms with Gasteiger partial charge >= 0.3 is 51.4 Å². The summed E-state index contributed by atoms with van der Waals surface area (Å²) < 4.78 is 0. The van der Waals surface area contributed by atoms with Gasteiger partial charge in [-0.25, -0.2) is 0 Å². The van der Waals surface area contributed by atoms with Crippen molar-refractivity contribution in [2.75, 3.05) is 38.1 Å². The minimum absolute atomic E-state index is 0. The second kappa shape index (κ2) is 11.6. The molecular formula is C23H23KN2O3. The van der Waals surface area contributed by atoms with E-state index < -0.39 is 5.97 Å². The molecule has 2 aromatic carbocycles. The van der Waals surface area contributed by atoms with E-state index in [2.05, 4.69) is 16.8 Å². The van der Waals surface area contributed by atoms with Crippen LogP contribution in [0.15, 0.2) is 60.7 Å². The van der Waals surface area contributed by atoms with Crippen LogP contribution in [0.5, 0.6) is 0 Å². The fourth-order valence-electron chi connectivity index (χ4n) is 3.05. The van der Waals surface area contributed by atoms with Crippen LogP contribution < -0.4 is 61.4 Å². The van der Waals surface area contributed by atoms with Crippen molar-refractivity contribution in [3.63, 3.8) is 0 Å². The summed E-state index contributed by atoms with van der Waals surface area (Å²) in [6.45, 7) is 4.09. The van der Waals surface area contributed by atoms with Crippen molar-refractivity contribution in [3.8, 4) is 0 Å². The standard InChI is InChI=1S/C23H24N2O3.K/c1-24-14-16-25(17-15-24)21-10-8-20(9-11-21)22(26)12-6-18-2-4-19(5-3-18)7-13-23(27)28;/h2-13H,14-17H2,1H3,(H,27,28);/q;+1/p-1/b12-6+,13-7+;. The zero-order valence-corrected chi connectivity index (χ0v) is 20.0. The van der Waals surface area contributed by atoms with Gasteiger partial charge in [0.1, 0.15) is 0 Å². The van der Waals surface area contributed by atoms with Crippen LogP contribution in [0.4, 0.5) is 5.69 Å². The number of anilines is 1. The van der Waals surface area contributed by atoms with Crippen LogP contribution in [-0.4, -0.2) is 49.9 Å². The summed E-state index contributed by atoms with van der Waals surface area (Å²) >= 11 is 0. The number of hydrogen-bond donors (Lipinski definition) is 0. The number of carboxylic acid groups (broad SMARTS) is 1. The maximum absolute atomic E-state index is 12.4. The average Bonchev–Trinajstić information content (AvgIpc) is 2.72. The van der Waals surface area contributed by atoms with Gasteiger partial charge in [-0.05, 0) is 54.6 Å². The van der Waals surface area contributed by atoms with E-state index in [1.165, 1.54) is 6.08 Å². The average molecular weight is 415 g/mol. The Morgan fingerprint density at radius 1 is 0.828 bits per heavy atom. The number of aliphatic carboxylic acids is 1. The molecule has 0 saturated carbocycles. The van der Waals surface area contributed by atoms with Gasteiger partial charge in [0, 0.05) is 37.4 Å². The van der Waals surface area contributed by atoms with Gasteiger partial charge in [-0.1, -0.05) is 36.4 Å². The molecule has 144 valence electrons. The first-order chi connectivity index (χ1) is 13.5. The second-order valence-electron chi connectivity index (χ2n) is 6.85. The molecule has 0 radical (unpaired) electrons. The van der Waals surface area contributed by atoms with Gasteiger partial charge in [-0.15, -0.1) is 0 Å². The van der Waals surface area contributed by atoms with Crippen LogP contribution in [-0.2, 0) is 4.79 Å². The molecule has 0 amide bonds. The van der Waals surface area contributed by atoms with Gasteiger partial charge in [0.2, 0.25) is 0 Å². The number of carbonyl (C=O) groups is 2. The van der Waals surface area contributed by atoms with Crippen molar-refractivity contribution in [1.82, 2.24) is 4.90 Å². The van der Waals surface area contributed by atoms with Crippen molar-refractivity contribution in [2.24, 2.45) is 0 Å². The first-order valence-corrected chi connectivity index (χ1v) is 9.26. The number of likely N-dealkylation sites (N-methyl/N-ethyl adjacent to an activating group) is 1. The molecule has 0 aliphatic carbocycles. The Bertz CT molecular complexity index is 881. The van der Waals surface area contributed by atoms with Crippen LogP contribution >= 0.6 is 0 Å². The minimum Gasteiger partial charge on any atom is -0.545 e. The zero-order chi connectivity index (χ0) is 19.9. The fraction of sp³-hybridized carbons (Fsp3) is 0.217. The number of nitrogens with zero attached hydrogens (tertiary/aromatic N) is 2. The third-order valence-electron chi connectivity index (χ3n) is 4.80. The number of allylic oxidation sites excluding steroid dienone is 1. The minimum atomic E-state index is -1.23. The summed E-state index contributed by atoms with van der Waals surface area (Å²) in [5.41, 5.74) is 3.43. The van der Waals surface area contributed by atoms with Crippen molar-refractivity contribution in [2.45, 2.75) is 0 Å². The van der Waals surface area contributed by atoms with E-state index in [1.54, 1.807) is 24.3 Å². The van der Waals surface area contributed by atoms with Crippen LogP contribution in [0.1, 0.15) is 21.5 Å².